The van der Waals surface area contributed by atoms with Gasteiger partial charge >= 0.3 is 0 Å². The second kappa shape index (κ2) is 4.09. The fourth-order valence-electron chi connectivity index (χ4n) is 1.91. The molecule has 0 bridgehead atoms. The molecule has 0 amide bonds. The van der Waals surface area contributed by atoms with E-state index >= 15 is 0 Å². The first kappa shape index (κ1) is 9.65. The summed E-state index contributed by atoms with van der Waals surface area (Å²) in [6, 6.07) is 1.71. The van der Waals surface area contributed by atoms with Crippen molar-refractivity contribution in [3.05, 3.63) is 18.0 Å². The number of aryl methyl sites for hydroxylation is 1. The molecule has 0 saturated carbocycles. The van der Waals surface area contributed by atoms with Crippen molar-refractivity contribution >= 4 is 0 Å². The number of hydrogen-bond donors (Lipinski definition) is 1. The SMILES string of the molecule is Cn1ccc(C(F)C2CCCCN2)n1. The van der Waals surface area contributed by atoms with Gasteiger partial charge in [0.2, 0.25) is 0 Å². The van der Waals surface area contributed by atoms with Crippen molar-refractivity contribution in [2.45, 2.75) is 31.5 Å². The van der Waals surface area contributed by atoms with Crippen LogP contribution in [0.25, 0.3) is 0 Å². The van der Waals surface area contributed by atoms with Crippen LogP contribution in [0.3, 0.4) is 0 Å². The minimum absolute atomic E-state index is 0.0429. The first-order chi connectivity index (χ1) is 6.77. The average molecular weight is 197 g/mol. The van der Waals surface area contributed by atoms with Crippen LogP contribution in [0.1, 0.15) is 31.1 Å². The molecule has 2 unspecified atom stereocenters. The molecule has 78 valence electrons. The van der Waals surface area contributed by atoms with E-state index in [1.54, 1.807) is 16.9 Å². The van der Waals surface area contributed by atoms with Crippen molar-refractivity contribution in [1.82, 2.24) is 15.1 Å². The van der Waals surface area contributed by atoms with Gasteiger partial charge in [-0.1, -0.05) is 6.42 Å². The van der Waals surface area contributed by atoms with Crippen molar-refractivity contribution in [3.63, 3.8) is 0 Å². The van der Waals surface area contributed by atoms with Crippen LogP contribution in [0.2, 0.25) is 0 Å². The molecular formula is C10H16FN3. The van der Waals surface area contributed by atoms with Gasteiger partial charge < -0.3 is 5.32 Å². The summed E-state index contributed by atoms with van der Waals surface area (Å²) in [6.07, 6.45) is 4.01. The second-order valence-electron chi connectivity index (χ2n) is 3.87. The molecule has 4 heteroatoms. The van der Waals surface area contributed by atoms with Crippen molar-refractivity contribution in [1.29, 1.82) is 0 Å². The zero-order valence-corrected chi connectivity index (χ0v) is 8.41. The van der Waals surface area contributed by atoms with Gasteiger partial charge in [0, 0.05) is 19.3 Å². The molecule has 2 heterocycles. The smallest absolute Gasteiger partial charge is 0.159 e. The first-order valence-corrected chi connectivity index (χ1v) is 5.14. The average Bonchev–Trinajstić information content (AvgIpc) is 2.65. The van der Waals surface area contributed by atoms with E-state index in [0.717, 1.165) is 25.8 Å². The Balaban J connectivity index is 2.03. The quantitative estimate of drug-likeness (QED) is 0.780. The maximum atomic E-state index is 13.9. The third-order valence-electron chi connectivity index (χ3n) is 2.72. The summed E-state index contributed by atoms with van der Waals surface area (Å²) in [7, 11) is 1.81. The Morgan fingerprint density at radius 3 is 3.07 bits per heavy atom. The Morgan fingerprint density at radius 1 is 1.64 bits per heavy atom. The van der Waals surface area contributed by atoms with Crippen LogP contribution in [0, 0.1) is 0 Å². The lowest BCUT2D eigenvalue weighted by atomic mass is 9.99. The van der Waals surface area contributed by atoms with Crippen LogP contribution in [-0.4, -0.2) is 22.4 Å². The van der Waals surface area contributed by atoms with E-state index in [1.807, 2.05) is 7.05 Å². The van der Waals surface area contributed by atoms with Crippen LogP contribution in [0.5, 0.6) is 0 Å². The third-order valence-corrected chi connectivity index (χ3v) is 2.72. The maximum Gasteiger partial charge on any atom is 0.159 e. The van der Waals surface area contributed by atoms with E-state index in [1.165, 1.54) is 0 Å². The van der Waals surface area contributed by atoms with Gasteiger partial charge in [-0.25, -0.2) is 4.39 Å². The number of hydrogen-bond acceptors (Lipinski definition) is 2. The van der Waals surface area contributed by atoms with Gasteiger partial charge in [0.25, 0.3) is 0 Å². The van der Waals surface area contributed by atoms with E-state index in [0.29, 0.717) is 5.69 Å². The highest BCUT2D eigenvalue weighted by atomic mass is 19.1. The van der Waals surface area contributed by atoms with Gasteiger partial charge in [-0.15, -0.1) is 0 Å². The molecule has 1 aromatic heterocycles. The van der Waals surface area contributed by atoms with Crippen molar-refractivity contribution in [2.24, 2.45) is 7.05 Å². The Hall–Kier alpha value is -0.900. The summed E-state index contributed by atoms with van der Waals surface area (Å²) in [5.74, 6) is 0. The maximum absolute atomic E-state index is 13.9. The minimum atomic E-state index is -0.962. The van der Waals surface area contributed by atoms with Crippen LogP contribution in [0.15, 0.2) is 12.3 Å². The number of alkyl halides is 1. The minimum Gasteiger partial charge on any atom is -0.311 e. The zero-order chi connectivity index (χ0) is 9.97. The summed E-state index contributed by atoms with van der Waals surface area (Å²) in [5.41, 5.74) is 0.548. The Morgan fingerprint density at radius 2 is 2.50 bits per heavy atom. The molecule has 3 nitrogen and oxygen atoms in total. The van der Waals surface area contributed by atoms with Gasteiger partial charge in [0.15, 0.2) is 6.17 Å². The van der Waals surface area contributed by atoms with Crippen molar-refractivity contribution < 1.29 is 4.39 Å². The standard InChI is InChI=1S/C10H16FN3/c1-14-7-5-9(13-14)10(11)8-4-2-3-6-12-8/h5,7-8,10,12H,2-4,6H2,1H3. The molecule has 2 atom stereocenters. The van der Waals surface area contributed by atoms with Crippen LogP contribution in [-0.2, 0) is 7.05 Å². The van der Waals surface area contributed by atoms with Crippen molar-refractivity contribution in [2.75, 3.05) is 6.54 Å². The fraction of sp³-hybridized carbons (Fsp3) is 0.700. The van der Waals surface area contributed by atoms with Crippen LogP contribution in [0.4, 0.5) is 4.39 Å². The molecule has 1 N–H and O–H groups in total. The highest BCUT2D eigenvalue weighted by molar-refractivity contribution is 5.06. The Labute approximate surface area is 83.3 Å². The van der Waals surface area contributed by atoms with Gasteiger partial charge in [0.05, 0.1) is 5.69 Å². The van der Waals surface area contributed by atoms with Gasteiger partial charge in [-0.3, -0.25) is 4.68 Å². The number of rotatable bonds is 2. The normalized spacial score (nSPS) is 24.9. The van der Waals surface area contributed by atoms with E-state index in [-0.39, 0.29) is 6.04 Å². The number of halogens is 1. The highest BCUT2D eigenvalue weighted by Crippen LogP contribution is 2.24. The van der Waals surface area contributed by atoms with Gasteiger partial charge in [-0.05, 0) is 25.5 Å². The zero-order valence-electron chi connectivity index (χ0n) is 8.41. The number of nitrogens with zero attached hydrogens (tertiary/aromatic N) is 2. The number of aromatic nitrogens is 2. The van der Waals surface area contributed by atoms with E-state index in [9.17, 15) is 4.39 Å². The molecule has 0 radical (unpaired) electrons. The molecule has 1 fully saturated rings. The molecule has 0 aromatic carbocycles. The largest absolute Gasteiger partial charge is 0.311 e. The summed E-state index contributed by atoms with van der Waals surface area (Å²) < 4.78 is 15.5. The molecule has 0 spiro atoms. The summed E-state index contributed by atoms with van der Waals surface area (Å²) in [6.45, 7) is 0.928. The molecule has 1 saturated heterocycles. The molecular weight excluding hydrogens is 181 g/mol. The van der Waals surface area contributed by atoms with Gasteiger partial charge in [0.1, 0.15) is 0 Å². The summed E-state index contributed by atoms with van der Waals surface area (Å²) in [4.78, 5) is 0. The lowest BCUT2D eigenvalue weighted by Gasteiger charge is -2.25. The first-order valence-electron chi connectivity index (χ1n) is 5.14. The fourth-order valence-corrected chi connectivity index (χ4v) is 1.91. The highest BCUT2D eigenvalue weighted by Gasteiger charge is 2.25. The molecule has 1 aliphatic rings. The van der Waals surface area contributed by atoms with Crippen molar-refractivity contribution in [3.8, 4) is 0 Å². The van der Waals surface area contributed by atoms with Gasteiger partial charge in [-0.2, -0.15) is 5.10 Å². The predicted molar refractivity (Wildman–Crippen MR) is 52.7 cm³/mol. The predicted octanol–water partition coefficient (Wildman–Crippen LogP) is 1.57. The van der Waals surface area contributed by atoms with Crippen LogP contribution >= 0.6 is 0 Å². The molecule has 14 heavy (non-hydrogen) atoms. The van der Waals surface area contributed by atoms with E-state index in [2.05, 4.69) is 10.4 Å². The third kappa shape index (κ3) is 1.95. The van der Waals surface area contributed by atoms with Crippen LogP contribution < -0.4 is 5.32 Å². The topological polar surface area (TPSA) is 29.9 Å². The molecule has 1 aromatic rings. The lowest BCUT2D eigenvalue weighted by molar-refractivity contribution is 0.215. The number of piperidine rings is 1. The van der Waals surface area contributed by atoms with E-state index in [4.69, 9.17) is 0 Å². The Bertz CT molecular complexity index is 291. The summed E-state index contributed by atoms with van der Waals surface area (Å²) in [5, 5.41) is 7.29. The Kier molecular flexibility index (Phi) is 2.82. The molecule has 2 rings (SSSR count). The second-order valence-corrected chi connectivity index (χ2v) is 3.87. The lowest BCUT2D eigenvalue weighted by Crippen LogP contribution is -2.37. The summed E-state index contributed by atoms with van der Waals surface area (Å²) >= 11 is 0. The van der Waals surface area contributed by atoms with E-state index < -0.39 is 6.17 Å². The molecule has 1 aliphatic heterocycles. The molecule has 0 aliphatic carbocycles. The monoisotopic (exact) mass is 197 g/mol. The number of nitrogens with one attached hydrogen (secondary N) is 1.